The highest BCUT2D eigenvalue weighted by molar-refractivity contribution is 7.17. The van der Waals surface area contributed by atoms with E-state index in [2.05, 4.69) is 5.32 Å². The van der Waals surface area contributed by atoms with Crippen LogP contribution in [0.2, 0.25) is 0 Å². The Morgan fingerprint density at radius 2 is 1.87 bits per heavy atom. The summed E-state index contributed by atoms with van der Waals surface area (Å²) in [5, 5.41) is 3.38. The number of amides is 1. The van der Waals surface area contributed by atoms with Crippen LogP contribution < -0.4 is 5.32 Å². The Bertz CT molecular complexity index is 890. The van der Waals surface area contributed by atoms with E-state index < -0.39 is 5.97 Å². The molecule has 2 aromatic rings. The molecule has 6 nitrogen and oxygen atoms in total. The lowest BCUT2D eigenvalue weighted by molar-refractivity contribution is -0.143. The van der Waals surface area contributed by atoms with Gasteiger partial charge >= 0.3 is 11.9 Å². The molecule has 0 saturated carbocycles. The molecule has 0 spiro atoms. The van der Waals surface area contributed by atoms with E-state index in [1.807, 2.05) is 30.3 Å². The fourth-order valence-electron chi connectivity index (χ4n) is 3.57. The molecule has 0 bridgehead atoms. The van der Waals surface area contributed by atoms with Gasteiger partial charge in [0.25, 0.3) is 0 Å². The number of fused-ring (bicyclic) bond motifs is 1. The molecule has 1 amide bonds. The fraction of sp³-hybridized carbons (Fsp3) is 0.435. The number of ether oxygens (including phenoxy) is 2. The standard InChI is InChI=1S/C23H27NO5S/c1-28-23(27)21-17-11-5-12-18(17)30-22(21)24-19(25)13-6-14-20(26)29-15-7-10-16-8-3-2-4-9-16/h2-4,8-9H,5-7,10-15H2,1H3,(H,24,25). The van der Waals surface area contributed by atoms with Crippen LogP contribution in [0.4, 0.5) is 5.00 Å². The van der Waals surface area contributed by atoms with Gasteiger partial charge in [-0.15, -0.1) is 11.3 Å². The Morgan fingerprint density at radius 1 is 1.07 bits per heavy atom. The first-order chi connectivity index (χ1) is 14.6. The van der Waals surface area contributed by atoms with Crippen molar-refractivity contribution >= 4 is 34.2 Å². The summed E-state index contributed by atoms with van der Waals surface area (Å²) in [5.41, 5.74) is 2.71. The minimum atomic E-state index is -0.413. The van der Waals surface area contributed by atoms with Crippen LogP contribution in [0.3, 0.4) is 0 Å². The molecule has 0 saturated heterocycles. The van der Waals surface area contributed by atoms with Crippen LogP contribution in [-0.4, -0.2) is 31.6 Å². The minimum absolute atomic E-state index is 0.197. The molecule has 1 aromatic heterocycles. The molecule has 1 heterocycles. The second kappa shape index (κ2) is 10.9. The van der Waals surface area contributed by atoms with Gasteiger partial charge in [0.15, 0.2) is 0 Å². The summed E-state index contributed by atoms with van der Waals surface area (Å²) < 4.78 is 10.1. The number of anilines is 1. The number of methoxy groups -OCH3 is 1. The maximum Gasteiger partial charge on any atom is 0.341 e. The number of nitrogens with one attached hydrogen (secondary N) is 1. The van der Waals surface area contributed by atoms with Gasteiger partial charge in [-0.05, 0) is 49.7 Å². The van der Waals surface area contributed by atoms with Crippen LogP contribution in [0.15, 0.2) is 30.3 Å². The Morgan fingerprint density at radius 3 is 2.63 bits per heavy atom. The summed E-state index contributed by atoms with van der Waals surface area (Å²) in [6.07, 6.45) is 5.22. The van der Waals surface area contributed by atoms with E-state index in [0.29, 0.717) is 23.6 Å². The summed E-state index contributed by atoms with van der Waals surface area (Å²) in [4.78, 5) is 37.4. The van der Waals surface area contributed by atoms with Crippen molar-refractivity contribution in [3.8, 4) is 0 Å². The molecule has 1 N–H and O–H groups in total. The van der Waals surface area contributed by atoms with Crippen LogP contribution in [0.5, 0.6) is 0 Å². The number of carbonyl (C=O) groups excluding carboxylic acids is 3. The van der Waals surface area contributed by atoms with E-state index in [-0.39, 0.29) is 24.7 Å². The predicted molar refractivity (Wildman–Crippen MR) is 116 cm³/mol. The van der Waals surface area contributed by atoms with Crippen LogP contribution in [0.1, 0.15) is 58.5 Å². The number of carbonyl (C=O) groups is 3. The molecular weight excluding hydrogens is 402 g/mol. The van der Waals surface area contributed by atoms with Crippen molar-refractivity contribution in [1.82, 2.24) is 0 Å². The number of thiophene rings is 1. The van der Waals surface area contributed by atoms with Crippen molar-refractivity contribution in [2.45, 2.75) is 51.4 Å². The van der Waals surface area contributed by atoms with Gasteiger partial charge < -0.3 is 14.8 Å². The second-order valence-electron chi connectivity index (χ2n) is 7.26. The first-order valence-corrected chi connectivity index (χ1v) is 11.1. The first kappa shape index (κ1) is 22.0. The lowest BCUT2D eigenvalue weighted by atomic mass is 10.1. The lowest BCUT2D eigenvalue weighted by Crippen LogP contribution is -2.15. The fourth-order valence-corrected chi connectivity index (χ4v) is 4.87. The van der Waals surface area contributed by atoms with Crippen LogP contribution >= 0.6 is 11.3 Å². The largest absolute Gasteiger partial charge is 0.466 e. The Labute approximate surface area is 180 Å². The minimum Gasteiger partial charge on any atom is -0.466 e. The molecule has 30 heavy (non-hydrogen) atoms. The maximum atomic E-state index is 12.3. The van der Waals surface area contributed by atoms with Gasteiger partial charge in [0.2, 0.25) is 5.91 Å². The summed E-state index contributed by atoms with van der Waals surface area (Å²) in [5.74, 6) is -0.915. The zero-order chi connectivity index (χ0) is 21.3. The van der Waals surface area contributed by atoms with E-state index in [4.69, 9.17) is 9.47 Å². The second-order valence-corrected chi connectivity index (χ2v) is 8.37. The highest BCUT2D eigenvalue weighted by Gasteiger charge is 2.27. The van der Waals surface area contributed by atoms with E-state index in [9.17, 15) is 14.4 Å². The molecule has 1 aromatic carbocycles. The third-order valence-electron chi connectivity index (χ3n) is 5.06. The van der Waals surface area contributed by atoms with Crippen LogP contribution in [0, 0.1) is 0 Å². The molecule has 0 aliphatic heterocycles. The van der Waals surface area contributed by atoms with E-state index >= 15 is 0 Å². The van der Waals surface area contributed by atoms with Gasteiger partial charge in [-0.2, -0.15) is 0 Å². The number of hydrogen-bond acceptors (Lipinski definition) is 6. The van der Waals surface area contributed by atoms with Gasteiger partial charge in [-0.25, -0.2) is 4.79 Å². The van der Waals surface area contributed by atoms with Gasteiger partial charge in [0.05, 0.1) is 19.3 Å². The Kier molecular flexibility index (Phi) is 8.02. The van der Waals surface area contributed by atoms with Gasteiger partial charge in [-0.1, -0.05) is 30.3 Å². The van der Waals surface area contributed by atoms with Crippen LogP contribution in [0.25, 0.3) is 0 Å². The molecule has 0 atom stereocenters. The first-order valence-electron chi connectivity index (χ1n) is 10.3. The Balaban J connectivity index is 1.37. The maximum absolute atomic E-state index is 12.3. The smallest absolute Gasteiger partial charge is 0.341 e. The van der Waals surface area contributed by atoms with Gasteiger partial charge in [0.1, 0.15) is 5.00 Å². The van der Waals surface area contributed by atoms with Gasteiger partial charge in [-0.3, -0.25) is 9.59 Å². The molecule has 3 rings (SSSR count). The van der Waals surface area contributed by atoms with Crippen molar-refractivity contribution in [2.75, 3.05) is 19.0 Å². The molecule has 1 aliphatic rings. The van der Waals surface area contributed by atoms with E-state index in [1.165, 1.54) is 24.0 Å². The number of aryl methyl sites for hydroxylation is 2. The number of rotatable bonds is 10. The average molecular weight is 430 g/mol. The zero-order valence-corrected chi connectivity index (χ0v) is 18.0. The quantitative estimate of drug-likeness (QED) is 0.450. The normalized spacial score (nSPS) is 12.3. The van der Waals surface area contributed by atoms with Crippen molar-refractivity contribution in [2.24, 2.45) is 0 Å². The summed E-state index contributed by atoms with van der Waals surface area (Å²) in [6, 6.07) is 10.1. The molecule has 0 fully saturated rings. The molecular formula is C23H27NO5S. The van der Waals surface area contributed by atoms with E-state index in [1.54, 1.807) is 0 Å². The van der Waals surface area contributed by atoms with Crippen LogP contribution in [-0.2, 0) is 38.3 Å². The monoisotopic (exact) mass is 429 g/mol. The zero-order valence-electron chi connectivity index (χ0n) is 17.2. The molecule has 1 aliphatic carbocycles. The topological polar surface area (TPSA) is 81.7 Å². The highest BCUT2D eigenvalue weighted by atomic mass is 32.1. The third kappa shape index (κ3) is 5.92. The SMILES string of the molecule is COC(=O)c1c(NC(=O)CCCC(=O)OCCCc2ccccc2)sc2c1CCC2. The van der Waals surface area contributed by atoms with Crippen molar-refractivity contribution in [3.63, 3.8) is 0 Å². The molecule has 0 unspecified atom stereocenters. The molecule has 0 radical (unpaired) electrons. The van der Waals surface area contributed by atoms with E-state index in [0.717, 1.165) is 42.5 Å². The molecule has 160 valence electrons. The summed E-state index contributed by atoms with van der Waals surface area (Å²) in [6.45, 7) is 0.378. The molecule has 7 heteroatoms. The van der Waals surface area contributed by atoms with Crippen molar-refractivity contribution in [3.05, 3.63) is 51.9 Å². The highest BCUT2D eigenvalue weighted by Crippen LogP contribution is 2.39. The third-order valence-corrected chi connectivity index (χ3v) is 6.27. The predicted octanol–water partition coefficient (Wildman–Crippen LogP) is 4.31. The summed E-state index contributed by atoms with van der Waals surface area (Å²) in [7, 11) is 1.35. The lowest BCUT2D eigenvalue weighted by Gasteiger charge is -2.07. The number of esters is 2. The number of benzene rings is 1. The summed E-state index contributed by atoms with van der Waals surface area (Å²) >= 11 is 1.45. The Hall–Kier alpha value is -2.67. The van der Waals surface area contributed by atoms with Crippen molar-refractivity contribution in [1.29, 1.82) is 0 Å². The van der Waals surface area contributed by atoms with Gasteiger partial charge in [0, 0.05) is 17.7 Å². The van der Waals surface area contributed by atoms with Crippen molar-refractivity contribution < 1.29 is 23.9 Å². The average Bonchev–Trinajstić information content (AvgIpc) is 3.32. The number of hydrogen-bond donors (Lipinski definition) is 1.